The number of carbonyl (C=O) groups is 1. The number of hydrogen-bond donors (Lipinski definition) is 1. The zero-order valence-corrected chi connectivity index (χ0v) is 9.97. The molecule has 0 aliphatic rings. The first-order chi connectivity index (χ1) is 7.65. The maximum absolute atomic E-state index is 11.1. The third-order valence-electron chi connectivity index (χ3n) is 2.16. The number of aryl methyl sites for hydroxylation is 1. The fourth-order valence-electron chi connectivity index (χ4n) is 1.32. The molecule has 0 radical (unpaired) electrons. The highest BCUT2D eigenvalue weighted by Crippen LogP contribution is 2.20. The Hall–Kier alpha value is -1.68. The van der Waals surface area contributed by atoms with Gasteiger partial charge in [-0.25, -0.2) is 4.98 Å². The van der Waals surface area contributed by atoms with Gasteiger partial charge in [-0.05, 0) is 38.1 Å². The lowest BCUT2D eigenvalue weighted by atomic mass is 10.1. The quantitative estimate of drug-likeness (QED) is 0.825. The highest BCUT2D eigenvalue weighted by Gasteiger charge is 2.01. The Morgan fingerprint density at radius 3 is 2.50 bits per heavy atom. The van der Waals surface area contributed by atoms with Crippen LogP contribution in [0.25, 0.3) is 0 Å². The predicted molar refractivity (Wildman–Crippen MR) is 66.6 cm³/mol. The van der Waals surface area contributed by atoms with Crippen LogP contribution in [0.4, 0.5) is 10.8 Å². The van der Waals surface area contributed by atoms with E-state index >= 15 is 0 Å². The summed E-state index contributed by atoms with van der Waals surface area (Å²) in [5, 5.41) is 6.05. The van der Waals surface area contributed by atoms with Gasteiger partial charge in [-0.3, -0.25) is 4.79 Å². The fraction of sp³-hybridized carbons (Fsp3) is 0.167. The van der Waals surface area contributed by atoms with Crippen molar-refractivity contribution in [3.63, 3.8) is 0 Å². The van der Waals surface area contributed by atoms with Crippen molar-refractivity contribution in [2.24, 2.45) is 0 Å². The molecule has 2 rings (SSSR count). The van der Waals surface area contributed by atoms with Crippen LogP contribution in [0.1, 0.15) is 23.0 Å². The highest BCUT2D eigenvalue weighted by molar-refractivity contribution is 7.13. The van der Waals surface area contributed by atoms with Gasteiger partial charge < -0.3 is 5.32 Å². The molecule has 1 aromatic carbocycles. The summed E-state index contributed by atoms with van der Waals surface area (Å²) in [4.78, 5) is 15.4. The van der Waals surface area contributed by atoms with Crippen LogP contribution in [-0.4, -0.2) is 10.8 Å². The molecule has 4 heteroatoms. The molecule has 16 heavy (non-hydrogen) atoms. The zero-order valence-electron chi connectivity index (χ0n) is 9.15. The molecule has 0 bridgehead atoms. The van der Waals surface area contributed by atoms with Crippen molar-refractivity contribution in [1.82, 2.24) is 4.98 Å². The molecule has 1 N–H and O–H groups in total. The summed E-state index contributed by atoms with van der Waals surface area (Å²) in [7, 11) is 0. The lowest BCUT2D eigenvalue weighted by molar-refractivity contribution is 0.101. The number of aromatic nitrogens is 1. The SMILES string of the molecule is CC(=O)c1ccc(Nc2nc(C)cs2)cc1. The second-order valence-corrected chi connectivity index (χ2v) is 4.41. The van der Waals surface area contributed by atoms with E-state index in [1.807, 2.05) is 36.6 Å². The molecule has 82 valence electrons. The second-order valence-electron chi connectivity index (χ2n) is 3.55. The van der Waals surface area contributed by atoms with Crippen LogP contribution < -0.4 is 5.32 Å². The van der Waals surface area contributed by atoms with Crippen molar-refractivity contribution < 1.29 is 4.79 Å². The van der Waals surface area contributed by atoms with Crippen molar-refractivity contribution in [1.29, 1.82) is 0 Å². The highest BCUT2D eigenvalue weighted by atomic mass is 32.1. The Labute approximate surface area is 98.2 Å². The minimum atomic E-state index is 0.0802. The van der Waals surface area contributed by atoms with Gasteiger partial charge in [0.2, 0.25) is 0 Å². The molecule has 0 saturated carbocycles. The standard InChI is InChI=1S/C12H12N2OS/c1-8-7-16-12(13-8)14-11-5-3-10(4-6-11)9(2)15/h3-7H,1-2H3,(H,13,14). The van der Waals surface area contributed by atoms with E-state index in [4.69, 9.17) is 0 Å². The molecule has 0 atom stereocenters. The van der Waals surface area contributed by atoms with E-state index < -0.39 is 0 Å². The molecule has 0 saturated heterocycles. The van der Waals surface area contributed by atoms with Gasteiger partial charge in [-0.1, -0.05) is 0 Å². The third kappa shape index (κ3) is 2.46. The molecule has 0 spiro atoms. The number of anilines is 2. The van der Waals surface area contributed by atoms with E-state index in [1.165, 1.54) is 0 Å². The Balaban J connectivity index is 2.14. The van der Waals surface area contributed by atoms with Crippen LogP contribution in [0.3, 0.4) is 0 Å². The zero-order chi connectivity index (χ0) is 11.5. The maximum Gasteiger partial charge on any atom is 0.187 e. The van der Waals surface area contributed by atoms with Crippen molar-refractivity contribution in [3.8, 4) is 0 Å². The molecule has 3 nitrogen and oxygen atoms in total. The van der Waals surface area contributed by atoms with Gasteiger partial charge in [0.05, 0.1) is 5.69 Å². The summed E-state index contributed by atoms with van der Waals surface area (Å²) in [5.41, 5.74) is 2.67. The second kappa shape index (κ2) is 4.45. The summed E-state index contributed by atoms with van der Waals surface area (Å²) >= 11 is 1.57. The average Bonchev–Trinajstić information content (AvgIpc) is 2.65. The summed E-state index contributed by atoms with van der Waals surface area (Å²) in [6.45, 7) is 3.52. The topological polar surface area (TPSA) is 42.0 Å². The molecule has 0 aliphatic carbocycles. The Kier molecular flexibility index (Phi) is 3.01. The van der Waals surface area contributed by atoms with Crippen molar-refractivity contribution in [3.05, 3.63) is 40.9 Å². The molecular weight excluding hydrogens is 220 g/mol. The predicted octanol–water partition coefficient (Wildman–Crippen LogP) is 3.40. The largest absolute Gasteiger partial charge is 0.332 e. The van der Waals surface area contributed by atoms with E-state index in [0.717, 1.165) is 22.1 Å². The minimum Gasteiger partial charge on any atom is -0.332 e. The number of benzene rings is 1. The number of thiazole rings is 1. The van der Waals surface area contributed by atoms with Gasteiger partial charge >= 0.3 is 0 Å². The molecule has 2 aromatic rings. The van der Waals surface area contributed by atoms with Gasteiger partial charge in [-0.15, -0.1) is 11.3 Å². The van der Waals surface area contributed by atoms with Gasteiger partial charge in [0.15, 0.2) is 10.9 Å². The molecule has 1 aromatic heterocycles. The summed E-state index contributed by atoms with van der Waals surface area (Å²) in [6.07, 6.45) is 0. The van der Waals surface area contributed by atoms with Crippen LogP contribution in [0.15, 0.2) is 29.6 Å². The van der Waals surface area contributed by atoms with Crippen LogP contribution >= 0.6 is 11.3 Å². The molecular formula is C12H12N2OS. The fourth-order valence-corrected chi connectivity index (χ4v) is 2.03. The van der Waals surface area contributed by atoms with Gasteiger partial charge in [0, 0.05) is 16.6 Å². The summed E-state index contributed by atoms with van der Waals surface area (Å²) in [5.74, 6) is 0.0802. The van der Waals surface area contributed by atoms with Crippen molar-refractivity contribution in [2.75, 3.05) is 5.32 Å². The Bertz CT molecular complexity index is 502. The normalized spacial score (nSPS) is 10.1. The first-order valence-corrected chi connectivity index (χ1v) is 5.83. The number of carbonyl (C=O) groups excluding carboxylic acids is 1. The molecule has 0 unspecified atom stereocenters. The number of Topliss-reactive ketones (excluding diaryl/α,β-unsaturated/α-hetero) is 1. The monoisotopic (exact) mass is 232 g/mol. The van der Waals surface area contributed by atoms with Crippen molar-refractivity contribution >= 4 is 27.9 Å². The lowest BCUT2D eigenvalue weighted by Gasteiger charge is -2.02. The van der Waals surface area contributed by atoms with Crippen LogP contribution in [0.5, 0.6) is 0 Å². The molecule has 0 fully saturated rings. The number of nitrogens with zero attached hydrogens (tertiary/aromatic N) is 1. The molecule has 0 aliphatic heterocycles. The van der Waals surface area contributed by atoms with E-state index in [2.05, 4.69) is 10.3 Å². The number of hydrogen-bond acceptors (Lipinski definition) is 4. The Morgan fingerprint density at radius 2 is 2.00 bits per heavy atom. The van der Waals surface area contributed by atoms with E-state index in [0.29, 0.717) is 0 Å². The van der Waals surface area contributed by atoms with E-state index in [9.17, 15) is 4.79 Å². The number of rotatable bonds is 3. The first kappa shape index (κ1) is 10.8. The van der Waals surface area contributed by atoms with E-state index in [-0.39, 0.29) is 5.78 Å². The number of nitrogens with one attached hydrogen (secondary N) is 1. The number of ketones is 1. The lowest BCUT2D eigenvalue weighted by Crippen LogP contribution is -1.93. The van der Waals surface area contributed by atoms with Crippen molar-refractivity contribution in [2.45, 2.75) is 13.8 Å². The summed E-state index contributed by atoms with van der Waals surface area (Å²) < 4.78 is 0. The van der Waals surface area contributed by atoms with Crippen LogP contribution in [0, 0.1) is 6.92 Å². The maximum atomic E-state index is 11.1. The average molecular weight is 232 g/mol. The van der Waals surface area contributed by atoms with Gasteiger partial charge in [0.25, 0.3) is 0 Å². The van der Waals surface area contributed by atoms with Crippen LogP contribution in [0.2, 0.25) is 0 Å². The first-order valence-electron chi connectivity index (χ1n) is 4.95. The van der Waals surface area contributed by atoms with Crippen LogP contribution in [-0.2, 0) is 0 Å². The van der Waals surface area contributed by atoms with E-state index in [1.54, 1.807) is 18.3 Å². The smallest absolute Gasteiger partial charge is 0.187 e. The van der Waals surface area contributed by atoms with Gasteiger partial charge in [0.1, 0.15) is 0 Å². The Morgan fingerprint density at radius 1 is 1.31 bits per heavy atom. The molecule has 0 amide bonds. The molecule has 1 heterocycles. The van der Waals surface area contributed by atoms with Gasteiger partial charge in [-0.2, -0.15) is 0 Å². The minimum absolute atomic E-state index is 0.0802. The summed E-state index contributed by atoms with van der Waals surface area (Å²) in [6, 6.07) is 7.39. The third-order valence-corrected chi connectivity index (χ3v) is 3.04.